The van der Waals surface area contributed by atoms with Gasteiger partial charge in [-0.2, -0.15) is 0 Å². The Morgan fingerprint density at radius 1 is 0.933 bits per heavy atom. The van der Waals surface area contributed by atoms with Crippen molar-refractivity contribution in [2.75, 3.05) is 19.6 Å². The molecule has 0 aromatic heterocycles. The van der Waals surface area contributed by atoms with Crippen LogP contribution in [0.4, 0.5) is 0 Å². The molecule has 1 saturated carbocycles. The highest BCUT2D eigenvalue weighted by Crippen LogP contribution is 2.38. The molecule has 0 atom stereocenters. The van der Waals surface area contributed by atoms with Gasteiger partial charge in [0.15, 0.2) is 0 Å². The lowest BCUT2D eigenvalue weighted by Gasteiger charge is -2.39. The van der Waals surface area contributed by atoms with Gasteiger partial charge in [-0.3, -0.25) is 0 Å². The maximum absolute atomic E-state index is 2.65. The van der Waals surface area contributed by atoms with Crippen molar-refractivity contribution in [2.45, 2.75) is 59.3 Å². The third-order valence-electron chi connectivity index (χ3n) is 3.99. The van der Waals surface area contributed by atoms with E-state index in [1.165, 1.54) is 45.3 Å². The van der Waals surface area contributed by atoms with Gasteiger partial charge in [0, 0.05) is 0 Å². The van der Waals surface area contributed by atoms with Crippen LogP contribution < -0.4 is 0 Å². The fourth-order valence-electron chi connectivity index (χ4n) is 2.88. The minimum absolute atomic E-state index is 1.10. The SMILES string of the molecule is CC.CCCN1CCC(C2CCC2)CC1. The van der Waals surface area contributed by atoms with E-state index in [0.29, 0.717) is 0 Å². The summed E-state index contributed by atoms with van der Waals surface area (Å²) >= 11 is 0. The third-order valence-corrected chi connectivity index (χ3v) is 3.99. The quantitative estimate of drug-likeness (QED) is 0.683. The van der Waals surface area contributed by atoms with E-state index < -0.39 is 0 Å². The summed E-state index contributed by atoms with van der Waals surface area (Å²) in [5, 5.41) is 0. The first-order chi connectivity index (χ1) is 7.40. The summed E-state index contributed by atoms with van der Waals surface area (Å²) in [6.45, 7) is 10.4. The molecule has 15 heavy (non-hydrogen) atoms. The summed E-state index contributed by atoms with van der Waals surface area (Å²) in [5.41, 5.74) is 0. The largest absolute Gasteiger partial charge is 0.303 e. The Balaban J connectivity index is 0.000000531. The lowest BCUT2D eigenvalue weighted by Crippen LogP contribution is -2.37. The lowest BCUT2D eigenvalue weighted by molar-refractivity contribution is 0.108. The van der Waals surface area contributed by atoms with Crippen LogP contribution in [-0.4, -0.2) is 24.5 Å². The van der Waals surface area contributed by atoms with E-state index in [0.717, 1.165) is 11.8 Å². The molecule has 2 aliphatic rings. The highest BCUT2D eigenvalue weighted by atomic mass is 15.1. The average molecular weight is 211 g/mol. The van der Waals surface area contributed by atoms with Crippen molar-refractivity contribution < 1.29 is 0 Å². The van der Waals surface area contributed by atoms with Crippen LogP contribution in [0.3, 0.4) is 0 Å². The predicted molar refractivity (Wildman–Crippen MR) is 68.1 cm³/mol. The number of hydrogen-bond donors (Lipinski definition) is 0. The Bertz CT molecular complexity index is 143. The number of nitrogens with zero attached hydrogens (tertiary/aromatic N) is 1. The molecule has 90 valence electrons. The highest BCUT2D eigenvalue weighted by molar-refractivity contribution is 4.82. The van der Waals surface area contributed by atoms with Gasteiger partial charge in [-0.1, -0.05) is 40.0 Å². The standard InChI is InChI=1S/C12H23N.C2H6/c1-2-8-13-9-6-12(7-10-13)11-4-3-5-11;1-2/h11-12H,2-10H2,1H3;1-2H3. The van der Waals surface area contributed by atoms with Crippen LogP contribution >= 0.6 is 0 Å². The van der Waals surface area contributed by atoms with Crippen molar-refractivity contribution in [3.8, 4) is 0 Å². The van der Waals surface area contributed by atoms with Crippen molar-refractivity contribution in [3.05, 3.63) is 0 Å². The van der Waals surface area contributed by atoms with Crippen molar-refractivity contribution in [2.24, 2.45) is 11.8 Å². The Labute approximate surface area is 96.2 Å². The lowest BCUT2D eigenvalue weighted by atomic mass is 9.72. The molecule has 2 fully saturated rings. The van der Waals surface area contributed by atoms with E-state index in [2.05, 4.69) is 11.8 Å². The molecule has 0 amide bonds. The minimum Gasteiger partial charge on any atom is -0.303 e. The van der Waals surface area contributed by atoms with Gasteiger partial charge in [0.05, 0.1) is 0 Å². The molecule has 1 aliphatic heterocycles. The van der Waals surface area contributed by atoms with Gasteiger partial charge in [0.2, 0.25) is 0 Å². The Kier molecular flexibility index (Phi) is 6.31. The van der Waals surface area contributed by atoms with Crippen LogP contribution in [0.2, 0.25) is 0 Å². The van der Waals surface area contributed by atoms with E-state index in [1.807, 2.05) is 13.8 Å². The first kappa shape index (κ1) is 13.0. The first-order valence-corrected chi connectivity index (χ1v) is 7.12. The van der Waals surface area contributed by atoms with Gasteiger partial charge < -0.3 is 4.90 Å². The Morgan fingerprint density at radius 3 is 1.87 bits per heavy atom. The monoisotopic (exact) mass is 211 g/mol. The third kappa shape index (κ3) is 3.79. The van der Waals surface area contributed by atoms with E-state index in [9.17, 15) is 0 Å². The van der Waals surface area contributed by atoms with E-state index >= 15 is 0 Å². The number of likely N-dealkylation sites (tertiary alicyclic amines) is 1. The van der Waals surface area contributed by atoms with Gasteiger partial charge in [0.25, 0.3) is 0 Å². The van der Waals surface area contributed by atoms with Crippen molar-refractivity contribution in [1.82, 2.24) is 4.90 Å². The highest BCUT2D eigenvalue weighted by Gasteiger charge is 2.29. The summed E-state index contributed by atoms with van der Waals surface area (Å²) in [6, 6.07) is 0. The molecule has 1 saturated heterocycles. The molecule has 0 radical (unpaired) electrons. The van der Waals surface area contributed by atoms with E-state index in [4.69, 9.17) is 0 Å². The number of hydrogen-bond acceptors (Lipinski definition) is 1. The summed E-state index contributed by atoms with van der Waals surface area (Å²) in [5.74, 6) is 2.23. The second-order valence-electron chi connectivity index (χ2n) is 4.87. The summed E-state index contributed by atoms with van der Waals surface area (Å²) in [7, 11) is 0. The number of rotatable bonds is 3. The molecule has 1 heteroatoms. The van der Waals surface area contributed by atoms with Crippen molar-refractivity contribution >= 4 is 0 Å². The van der Waals surface area contributed by atoms with Crippen molar-refractivity contribution in [1.29, 1.82) is 0 Å². The van der Waals surface area contributed by atoms with E-state index in [1.54, 1.807) is 12.8 Å². The molecule has 1 nitrogen and oxygen atoms in total. The van der Waals surface area contributed by atoms with Gasteiger partial charge >= 0.3 is 0 Å². The topological polar surface area (TPSA) is 3.24 Å². The molecule has 2 rings (SSSR count). The van der Waals surface area contributed by atoms with Crippen LogP contribution in [0.1, 0.15) is 59.3 Å². The van der Waals surface area contributed by atoms with Gasteiger partial charge in [0.1, 0.15) is 0 Å². The molecule has 0 aromatic carbocycles. The smallest absolute Gasteiger partial charge is 0.00160 e. The van der Waals surface area contributed by atoms with Crippen LogP contribution in [0.25, 0.3) is 0 Å². The molecule has 1 aliphatic carbocycles. The van der Waals surface area contributed by atoms with Crippen LogP contribution in [-0.2, 0) is 0 Å². The van der Waals surface area contributed by atoms with E-state index in [-0.39, 0.29) is 0 Å². The van der Waals surface area contributed by atoms with Crippen LogP contribution in [0.15, 0.2) is 0 Å². The Hall–Kier alpha value is -0.0400. The van der Waals surface area contributed by atoms with Gasteiger partial charge in [-0.25, -0.2) is 0 Å². The normalized spacial score (nSPS) is 24.2. The molecule has 0 N–H and O–H groups in total. The maximum Gasteiger partial charge on any atom is -0.00160 e. The Morgan fingerprint density at radius 2 is 1.47 bits per heavy atom. The zero-order valence-corrected chi connectivity index (χ0v) is 11.0. The fourth-order valence-corrected chi connectivity index (χ4v) is 2.88. The molecule has 0 bridgehead atoms. The van der Waals surface area contributed by atoms with Gasteiger partial charge in [-0.05, 0) is 50.7 Å². The molecular weight excluding hydrogens is 182 g/mol. The molecule has 0 spiro atoms. The first-order valence-electron chi connectivity index (χ1n) is 7.12. The molecular formula is C14H29N. The summed E-state index contributed by atoms with van der Waals surface area (Å²) < 4.78 is 0. The van der Waals surface area contributed by atoms with Gasteiger partial charge in [-0.15, -0.1) is 0 Å². The summed E-state index contributed by atoms with van der Waals surface area (Å²) in [6.07, 6.45) is 8.90. The second kappa shape index (κ2) is 7.27. The minimum atomic E-state index is 1.10. The van der Waals surface area contributed by atoms with Crippen molar-refractivity contribution in [3.63, 3.8) is 0 Å². The maximum atomic E-state index is 2.65. The van der Waals surface area contributed by atoms with Crippen LogP contribution in [0, 0.1) is 11.8 Å². The zero-order chi connectivity index (χ0) is 11.1. The predicted octanol–water partition coefficient (Wildman–Crippen LogP) is 3.93. The molecule has 0 unspecified atom stereocenters. The fraction of sp³-hybridized carbons (Fsp3) is 1.00. The second-order valence-corrected chi connectivity index (χ2v) is 4.87. The van der Waals surface area contributed by atoms with Crippen LogP contribution in [0.5, 0.6) is 0 Å². The number of piperidine rings is 1. The molecule has 0 aromatic rings. The average Bonchev–Trinajstić information content (AvgIpc) is 2.22. The zero-order valence-electron chi connectivity index (χ0n) is 11.0. The molecule has 1 heterocycles. The summed E-state index contributed by atoms with van der Waals surface area (Å²) in [4.78, 5) is 2.65.